The predicted molar refractivity (Wildman–Crippen MR) is 77.3 cm³/mol. The standard InChI is InChI=1S/C13H17BrN2O4/c1-7(9-4-3-5-10(14)6-9)15-13(20)16-11(8(2)17)12(18)19/h3-8,11,17H,1-2H3,(H,18,19)(H2,15,16,20)/t7?,8-,11+/m1/s1. The summed E-state index contributed by atoms with van der Waals surface area (Å²) in [7, 11) is 0. The predicted octanol–water partition coefficient (Wildman–Crippen LogP) is 1.64. The van der Waals surface area contributed by atoms with E-state index in [1.807, 2.05) is 24.3 Å². The summed E-state index contributed by atoms with van der Waals surface area (Å²) in [5.74, 6) is -1.29. The van der Waals surface area contributed by atoms with Crippen LogP contribution in [0.3, 0.4) is 0 Å². The number of benzene rings is 1. The van der Waals surface area contributed by atoms with E-state index < -0.39 is 24.1 Å². The number of aliphatic hydroxyl groups is 1. The number of nitrogens with one attached hydrogen (secondary N) is 2. The maximum atomic E-state index is 11.7. The molecule has 2 amide bonds. The van der Waals surface area contributed by atoms with Gasteiger partial charge in [0.2, 0.25) is 0 Å². The zero-order chi connectivity index (χ0) is 15.3. The molecule has 0 heterocycles. The molecule has 110 valence electrons. The summed E-state index contributed by atoms with van der Waals surface area (Å²) in [6, 6.07) is 5.12. The SMILES string of the molecule is CC(NC(=O)N[C@H](C(=O)O)[C@@H](C)O)c1cccc(Br)c1. The Morgan fingerprint density at radius 1 is 1.25 bits per heavy atom. The van der Waals surface area contributed by atoms with Crippen LogP contribution < -0.4 is 10.6 Å². The van der Waals surface area contributed by atoms with Gasteiger partial charge in [-0.05, 0) is 31.5 Å². The molecule has 0 radical (unpaired) electrons. The largest absolute Gasteiger partial charge is 0.480 e. The van der Waals surface area contributed by atoms with Crippen molar-refractivity contribution < 1.29 is 19.8 Å². The Labute approximate surface area is 125 Å². The van der Waals surface area contributed by atoms with E-state index in [1.54, 1.807) is 6.92 Å². The Morgan fingerprint density at radius 3 is 2.40 bits per heavy atom. The van der Waals surface area contributed by atoms with Crippen LogP contribution in [0.2, 0.25) is 0 Å². The van der Waals surface area contributed by atoms with Crippen LogP contribution in [0.15, 0.2) is 28.7 Å². The van der Waals surface area contributed by atoms with Gasteiger partial charge in [0.15, 0.2) is 6.04 Å². The number of urea groups is 1. The number of hydrogen-bond donors (Lipinski definition) is 4. The number of halogens is 1. The molecule has 1 aromatic carbocycles. The lowest BCUT2D eigenvalue weighted by Gasteiger charge is -2.20. The molecule has 0 aromatic heterocycles. The molecule has 4 N–H and O–H groups in total. The van der Waals surface area contributed by atoms with Crippen molar-refractivity contribution in [2.75, 3.05) is 0 Å². The first kappa shape index (κ1) is 16.5. The lowest BCUT2D eigenvalue weighted by molar-refractivity contribution is -0.141. The van der Waals surface area contributed by atoms with E-state index in [0.717, 1.165) is 10.0 Å². The van der Waals surface area contributed by atoms with Crippen LogP contribution in [-0.4, -0.2) is 34.4 Å². The Bertz CT molecular complexity index is 493. The highest BCUT2D eigenvalue weighted by molar-refractivity contribution is 9.10. The van der Waals surface area contributed by atoms with Crippen molar-refractivity contribution in [1.82, 2.24) is 10.6 Å². The first-order chi connectivity index (χ1) is 9.31. The van der Waals surface area contributed by atoms with E-state index in [1.165, 1.54) is 6.92 Å². The molecule has 1 aromatic rings. The van der Waals surface area contributed by atoms with Crippen molar-refractivity contribution in [2.24, 2.45) is 0 Å². The van der Waals surface area contributed by atoms with E-state index in [9.17, 15) is 14.7 Å². The second-order valence-electron chi connectivity index (χ2n) is 4.45. The summed E-state index contributed by atoms with van der Waals surface area (Å²) >= 11 is 3.34. The number of carbonyl (C=O) groups is 2. The van der Waals surface area contributed by atoms with Crippen LogP contribution in [0, 0.1) is 0 Å². The number of aliphatic hydroxyl groups excluding tert-OH is 1. The van der Waals surface area contributed by atoms with Crippen molar-refractivity contribution >= 4 is 27.9 Å². The van der Waals surface area contributed by atoms with Crippen LogP contribution >= 0.6 is 15.9 Å². The van der Waals surface area contributed by atoms with E-state index in [-0.39, 0.29) is 6.04 Å². The number of rotatable bonds is 5. The van der Waals surface area contributed by atoms with Gasteiger partial charge in [0, 0.05) is 4.47 Å². The fraction of sp³-hybridized carbons (Fsp3) is 0.385. The normalized spacial score (nSPS) is 15.0. The van der Waals surface area contributed by atoms with Crippen LogP contribution in [-0.2, 0) is 4.79 Å². The highest BCUT2D eigenvalue weighted by atomic mass is 79.9. The highest BCUT2D eigenvalue weighted by Gasteiger charge is 2.25. The lowest BCUT2D eigenvalue weighted by Crippen LogP contribution is -2.51. The number of carboxylic acids is 1. The third-order valence-corrected chi connectivity index (χ3v) is 3.22. The van der Waals surface area contributed by atoms with Gasteiger partial charge in [-0.1, -0.05) is 28.1 Å². The summed E-state index contributed by atoms with van der Waals surface area (Å²) in [4.78, 5) is 22.6. The number of carbonyl (C=O) groups excluding carboxylic acids is 1. The van der Waals surface area contributed by atoms with Crippen LogP contribution in [0.1, 0.15) is 25.5 Å². The minimum Gasteiger partial charge on any atom is -0.480 e. The van der Waals surface area contributed by atoms with E-state index in [0.29, 0.717) is 0 Å². The van der Waals surface area contributed by atoms with Crippen LogP contribution in [0.25, 0.3) is 0 Å². The van der Waals surface area contributed by atoms with Gasteiger partial charge >= 0.3 is 12.0 Å². The Balaban J connectivity index is 2.64. The molecule has 1 rings (SSSR count). The number of hydrogen-bond acceptors (Lipinski definition) is 3. The second-order valence-corrected chi connectivity index (χ2v) is 5.37. The highest BCUT2D eigenvalue weighted by Crippen LogP contribution is 2.17. The maximum absolute atomic E-state index is 11.7. The quantitative estimate of drug-likeness (QED) is 0.652. The van der Waals surface area contributed by atoms with Crippen molar-refractivity contribution in [3.63, 3.8) is 0 Å². The molecule has 6 nitrogen and oxygen atoms in total. The molecule has 0 aliphatic rings. The molecule has 0 fully saturated rings. The third-order valence-electron chi connectivity index (χ3n) is 2.73. The molecule has 0 aliphatic heterocycles. The summed E-state index contributed by atoms with van der Waals surface area (Å²) in [6.45, 7) is 3.08. The Hall–Kier alpha value is -1.60. The van der Waals surface area contributed by atoms with Gasteiger partial charge in [0.1, 0.15) is 0 Å². The average molecular weight is 345 g/mol. The molecule has 7 heteroatoms. The van der Waals surface area contributed by atoms with Gasteiger partial charge in [-0.2, -0.15) is 0 Å². The molecule has 0 saturated heterocycles. The maximum Gasteiger partial charge on any atom is 0.328 e. The molecule has 3 atom stereocenters. The molecule has 1 unspecified atom stereocenters. The topological polar surface area (TPSA) is 98.7 Å². The molecule has 20 heavy (non-hydrogen) atoms. The molecular formula is C13H17BrN2O4. The molecular weight excluding hydrogens is 328 g/mol. The zero-order valence-electron chi connectivity index (χ0n) is 11.1. The van der Waals surface area contributed by atoms with Crippen molar-refractivity contribution in [1.29, 1.82) is 0 Å². The Morgan fingerprint density at radius 2 is 1.90 bits per heavy atom. The van der Waals surface area contributed by atoms with Crippen molar-refractivity contribution in [3.8, 4) is 0 Å². The molecule has 0 spiro atoms. The molecule has 0 saturated carbocycles. The third kappa shape index (κ3) is 4.82. The van der Waals surface area contributed by atoms with E-state index in [2.05, 4.69) is 26.6 Å². The fourth-order valence-corrected chi connectivity index (χ4v) is 2.04. The number of aliphatic carboxylic acids is 1. The van der Waals surface area contributed by atoms with E-state index in [4.69, 9.17) is 5.11 Å². The van der Waals surface area contributed by atoms with E-state index >= 15 is 0 Å². The summed E-state index contributed by atoms with van der Waals surface area (Å²) in [6.07, 6.45) is -1.18. The number of carboxylic acid groups (broad SMARTS) is 1. The number of amides is 2. The minimum absolute atomic E-state index is 0.295. The first-order valence-electron chi connectivity index (χ1n) is 6.04. The summed E-state index contributed by atoms with van der Waals surface area (Å²) < 4.78 is 0.886. The first-order valence-corrected chi connectivity index (χ1v) is 6.84. The average Bonchev–Trinajstić information content (AvgIpc) is 2.35. The van der Waals surface area contributed by atoms with Gasteiger partial charge in [0.05, 0.1) is 12.1 Å². The van der Waals surface area contributed by atoms with Gasteiger partial charge in [0.25, 0.3) is 0 Å². The lowest BCUT2D eigenvalue weighted by atomic mass is 10.1. The molecule has 0 bridgehead atoms. The van der Waals surface area contributed by atoms with Crippen LogP contribution in [0.5, 0.6) is 0 Å². The summed E-state index contributed by atoms with van der Waals surface area (Å²) in [5.41, 5.74) is 0.874. The second kappa shape index (κ2) is 7.25. The van der Waals surface area contributed by atoms with Gasteiger partial charge in [-0.25, -0.2) is 9.59 Å². The van der Waals surface area contributed by atoms with Gasteiger partial charge in [-0.3, -0.25) is 0 Å². The van der Waals surface area contributed by atoms with Gasteiger partial charge in [-0.15, -0.1) is 0 Å². The smallest absolute Gasteiger partial charge is 0.328 e. The molecule has 0 aliphatic carbocycles. The fourth-order valence-electron chi connectivity index (χ4n) is 1.63. The Kier molecular flexibility index (Phi) is 5.97. The van der Waals surface area contributed by atoms with Crippen LogP contribution in [0.4, 0.5) is 4.79 Å². The van der Waals surface area contributed by atoms with Gasteiger partial charge < -0.3 is 20.8 Å². The summed E-state index contributed by atoms with van der Waals surface area (Å²) in [5, 5.41) is 23.0. The zero-order valence-corrected chi connectivity index (χ0v) is 12.7. The monoisotopic (exact) mass is 344 g/mol. The van der Waals surface area contributed by atoms with Crippen molar-refractivity contribution in [3.05, 3.63) is 34.3 Å². The van der Waals surface area contributed by atoms with Crippen molar-refractivity contribution in [2.45, 2.75) is 32.0 Å². The minimum atomic E-state index is -1.34.